The normalized spacial score (nSPS) is 15.2. The number of nitrogens with zero attached hydrogens (tertiary/aromatic N) is 2. The fourth-order valence-electron chi connectivity index (χ4n) is 1.89. The van der Waals surface area contributed by atoms with Gasteiger partial charge in [-0.3, -0.25) is 9.69 Å². The first-order valence-electron chi connectivity index (χ1n) is 5.95. The molecule has 1 N–H and O–H groups in total. The van der Waals surface area contributed by atoms with Crippen molar-refractivity contribution in [2.45, 2.75) is 39.2 Å². The Hall–Kier alpha value is -1.85. The van der Waals surface area contributed by atoms with Gasteiger partial charge in [-0.05, 0) is 33.6 Å². The molecular formula is C12H17N3O3. The summed E-state index contributed by atoms with van der Waals surface area (Å²) >= 11 is 0. The fraction of sp³-hybridized carbons (Fsp3) is 0.583. The highest BCUT2D eigenvalue weighted by Crippen LogP contribution is 2.23. The molecule has 0 aromatic carbocycles. The first-order chi connectivity index (χ1) is 8.38. The highest BCUT2D eigenvalue weighted by Gasteiger charge is 2.29. The molecule has 1 aromatic heterocycles. The Morgan fingerprint density at radius 1 is 1.50 bits per heavy atom. The number of rotatable bonds is 0. The molecule has 1 aromatic rings. The molecule has 0 unspecified atom stereocenters. The number of aromatic nitrogens is 2. The van der Waals surface area contributed by atoms with E-state index in [2.05, 4.69) is 9.97 Å². The number of aromatic amines is 1. The molecule has 1 aliphatic rings. The second-order valence-electron chi connectivity index (χ2n) is 5.27. The van der Waals surface area contributed by atoms with Gasteiger partial charge < -0.3 is 9.72 Å². The molecule has 0 atom stereocenters. The third-order valence-corrected chi connectivity index (χ3v) is 2.60. The summed E-state index contributed by atoms with van der Waals surface area (Å²) in [6, 6.07) is 0. The number of nitrogens with one attached hydrogen (secondary N) is 1. The van der Waals surface area contributed by atoms with Gasteiger partial charge in [0.1, 0.15) is 11.4 Å². The van der Waals surface area contributed by atoms with Crippen molar-refractivity contribution < 1.29 is 9.53 Å². The minimum Gasteiger partial charge on any atom is -0.443 e. The van der Waals surface area contributed by atoms with Crippen LogP contribution in [-0.2, 0) is 11.2 Å². The Labute approximate surface area is 105 Å². The van der Waals surface area contributed by atoms with E-state index in [0.29, 0.717) is 24.3 Å². The number of fused-ring (bicyclic) bond motifs is 1. The average molecular weight is 251 g/mol. The van der Waals surface area contributed by atoms with E-state index in [1.165, 1.54) is 11.2 Å². The molecule has 0 fully saturated rings. The summed E-state index contributed by atoms with van der Waals surface area (Å²) in [5, 5.41) is 0. The van der Waals surface area contributed by atoms with Crippen molar-refractivity contribution >= 4 is 11.9 Å². The van der Waals surface area contributed by atoms with Gasteiger partial charge in [-0.25, -0.2) is 9.78 Å². The smallest absolute Gasteiger partial charge is 0.416 e. The third kappa shape index (κ3) is 2.52. The summed E-state index contributed by atoms with van der Waals surface area (Å²) in [6.45, 7) is 5.95. The number of amides is 1. The molecule has 0 radical (unpaired) electrons. The van der Waals surface area contributed by atoms with Crippen molar-refractivity contribution in [1.29, 1.82) is 0 Å². The van der Waals surface area contributed by atoms with Crippen molar-refractivity contribution in [2.75, 3.05) is 11.4 Å². The summed E-state index contributed by atoms with van der Waals surface area (Å²) in [4.78, 5) is 31.7. The van der Waals surface area contributed by atoms with Gasteiger partial charge >= 0.3 is 6.09 Å². The fourth-order valence-corrected chi connectivity index (χ4v) is 1.89. The summed E-state index contributed by atoms with van der Waals surface area (Å²) in [5.41, 5.74) is -0.196. The maximum Gasteiger partial charge on any atom is 0.416 e. The van der Waals surface area contributed by atoms with Crippen LogP contribution >= 0.6 is 0 Å². The number of H-pyrrole nitrogens is 1. The van der Waals surface area contributed by atoms with E-state index in [-0.39, 0.29) is 5.56 Å². The molecule has 2 rings (SSSR count). The second kappa shape index (κ2) is 4.44. The monoisotopic (exact) mass is 251 g/mol. The second-order valence-corrected chi connectivity index (χ2v) is 5.27. The van der Waals surface area contributed by atoms with Gasteiger partial charge in [0, 0.05) is 6.54 Å². The Bertz CT molecular complexity index is 516. The highest BCUT2D eigenvalue weighted by molar-refractivity contribution is 5.87. The van der Waals surface area contributed by atoms with E-state index >= 15 is 0 Å². The zero-order chi connectivity index (χ0) is 13.3. The van der Waals surface area contributed by atoms with Crippen LogP contribution in [-0.4, -0.2) is 28.2 Å². The molecule has 2 heterocycles. The van der Waals surface area contributed by atoms with Crippen LogP contribution in [0.15, 0.2) is 11.1 Å². The van der Waals surface area contributed by atoms with Gasteiger partial charge in [-0.2, -0.15) is 0 Å². The molecular weight excluding hydrogens is 234 g/mol. The topological polar surface area (TPSA) is 75.3 Å². The molecule has 0 saturated heterocycles. The number of hydrogen-bond donors (Lipinski definition) is 1. The largest absolute Gasteiger partial charge is 0.443 e. The summed E-state index contributed by atoms with van der Waals surface area (Å²) in [7, 11) is 0. The Balaban J connectivity index is 2.31. The van der Waals surface area contributed by atoms with Crippen molar-refractivity contribution in [3.05, 3.63) is 22.2 Å². The van der Waals surface area contributed by atoms with Crippen LogP contribution < -0.4 is 10.5 Å². The number of ether oxygens (including phenoxy) is 1. The quantitative estimate of drug-likeness (QED) is 0.757. The van der Waals surface area contributed by atoms with Crippen LogP contribution in [0.4, 0.5) is 10.6 Å². The van der Waals surface area contributed by atoms with E-state index in [1.54, 1.807) is 20.8 Å². The predicted molar refractivity (Wildman–Crippen MR) is 66.8 cm³/mol. The van der Waals surface area contributed by atoms with Gasteiger partial charge in [-0.15, -0.1) is 0 Å². The summed E-state index contributed by atoms with van der Waals surface area (Å²) in [6.07, 6.45) is 2.23. The maximum atomic E-state index is 12.0. The predicted octanol–water partition coefficient (Wildman–Crippen LogP) is 1.46. The molecule has 0 aliphatic carbocycles. The van der Waals surface area contributed by atoms with Crippen LogP contribution in [0, 0.1) is 0 Å². The van der Waals surface area contributed by atoms with Gasteiger partial charge in [-0.1, -0.05) is 0 Å². The lowest BCUT2D eigenvalue weighted by molar-refractivity contribution is 0.0576. The van der Waals surface area contributed by atoms with Crippen LogP contribution in [0.5, 0.6) is 0 Å². The molecule has 0 spiro atoms. The summed E-state index contributed by atoms with van der Waals surface area (Å²) < 4.78 is 5.31. The average Bonchev–Trinajstić information content (AvgIpc) is 2.26. The Morgan fingerprint density at radius 2 is 2.22 bits per heavy atom. The zero-order valence-electron chi connectivity index (χ0n) is 10.8. The Morgan fingerprint density at radius 3 is 2.89 bits per heavy atom. The van der Waals surface area contributed by atoms with Crippen LogP contribution in [0.1, 0.15) is 32.8 Å². The lowest BCUT2D eigenvalue weighted by atomic mass is 10.1. The van der Waals surface area contributed by atoms with Crippen molar-refractivity contribution in [3.8, 4) is 0 Å². The molecule has 6 heteroatoms. The maximum absolute atomic E-state index is 12.0. The molecule has 18 heavy (non-hydrogen) atoms. The minimum absolute atomic E-state index is 0.187. The zero-order valence-corrected chi connectivity index (χ0v) is 10.8. The highest BCUT2D eigenvalue weighted by atomic mass is 16.6. The third-order valence-electron chi connectivity index (χ3n) is 2.60. The van der Waals surface area contributed by atoms with Crippen LogP contribution in [0.25, 0.3) is 0 Å². The minimum atomic E-state index is -0.560. The molecule has 98 valence electrons. The number of carbonyl (C=O) groups excluding carboxylic acids is 1. The molecule has 6 nitrogen and oxygen atoms in total. The first kappa shape index (κ1) is 12.6. The van der Waals surface area contributed by atoms with Crippen molar-refractivity contribution in [2.24, 2.45) is 0 Å². The van der Waals surface area contributed by atoms with Crippen molar-refractivity contribution in [1.82, 2.24) is 9.97 Å². The van der Waals surface area contributed by atoms with Gasteiger partial charge in [0.05, 0.1) is 11.9 Å². The van der Waals surface area contributed by atoms with Gasteiger partial charge in [0.15, 0.2) is 0 Å². The molecule has 1 aliphatic heterocycles. The number of anilines is 1. The molecule has 0 saturated carbocycles. The van der Waals surface area contributed by atoms with E-state index in [4.69, 9.17) is 4.74 Å². The van der Waals surface area contributed by atoms with Crippen LogP contribution in [0.2, 0.25) is 0 Å². The lowest BCUT2D eigenvalue weighted by Gasteiger charge is -2.30. The first-order valence-corrected chi connectivity index (χ1v) is 5.95. The van der Waals surface area contributed by atoms with Crippen LogP contribution in [0.3, 0.4) is 0 Å². The summed E-state index contributed by atoms with van der Waals surface area (Å²) in [5.74, 6) is 0.416. The van der Waals surface area contributed by atoms with E-state index < -0.39 is 11.7 Å². The molecule has 0 bridgehead atoms. The number of carbonyl (C=O) groups is 1. The number of hydrogen-bond acceptors (Lipinski definition) is 4. The van der Waals surface area contributed by atoms with E-state index in [0.717, 1.165) is 6.42 Å². The van der Waals surface area contributed by atoms with Gasteiger partial charge in [0.25, 0.3) is 5.56 Å². The van der Waals surface area contributed by atoms with Gasteiger partial charge in [0.2, 0.25) is 0 Å². The SMILES string of the molecule is CC(C)(C)OC(=O)N1CCCc2c1nc[nH]c2=O. The van der Waals surface area contributed by atoms with E-state index in [9.17, 15) is 9.59 Å². The molecule has 1 amide bonds. The lowest BCUT2D eigenvalue weighted by Crippen LogP contribution is -2.41. The van der Waals surface area contributed by atoms with E-state index in [1.807, 2.05) is 0 Å². The standard InChI is InChI=1S/C12H17N3O3/c1-12(2,3)18-11(17)15-6-4-5-8-9(15)13-7-14-10(8)16/h7H,4-6H2,1-3H3,(H,13,14,16). The van der Waals surface area contributed by atoms with Crippen molar-refractivity contribution in [3.63, 3.8) is 0 Å². The Kier molecular flexibility index (Phi) is 3.11.